The van der Waals surface area contributed by atoms with Crippen molar-refractivity contribution in [1.29, 1.82) is 0 Å². The largest absolute Gasteiger partial charge is 0.354 e. The van der Waals surface area contributed by atoms with E-state index in [0.29, 0.717) is 12.5 Å². The molecule has 116 valence electrons. The van der Waals surface area contributed by atoms with E-state index in [0.717, 1.165) is 6.42 Å². The monoisotopic (exact) mass is 288 g/mol. The average molecular weight is 288 g/mol. The molecule has 1 fully saturated rings. The number of amides is 1. The summed E-state index contributed by atoms with van der Waals surface area (Å²) in [6.45, 7) is 4.89. The Kier molecular flexibility index (Phi) is 5.40. The summed E-state index contributed by atoms with van der Waals surface area (Å²) in [6, 6.07) is 8.95. The van der Waals surface area contributed by atoms with Crippen LogP contribution in [0.2, 0.25) is 0 Å². The normalized spacial score (nSPS) is 17.6. The molecule has 3 heteroatoms. The summed E-state index contributed by atoms with van der Waals surface area (Å²) in [5.41, 5.74) is 2.61. The van der Waals surface area contributed by atoms with Crippen molar-refractivity contribution in [2.24, 2.45) is 11.8 Å². The van der Waals surface area contributed by atoms with Gasteiger partial charge in [0.15, 0.2) is 0 Å². The van der Waals surface area contributed by atoms with Crippen LogP contribution in [-0.4, -0.2) is 31.4 Å². The molecule has 0 spiro atoms. The average Bonchev–Trinajstić information content (AvgIpc) is 3.31. The Morgan fingerprint density at radius 3 is 2.38 bits per heavy atom. The fourth-order valence-corrected chi connectivity index (χ4v) is 2.74. The second kappa shape index (κ2) is 7.08. The van der Waals surface area contributed by atoms with Gasteiger partial charge in [0.1, 0.15) is 0 Å². The van der Waals surface area contributed by atoms with E-state index >= 15 is 0 Å². The molecule has 21 heavy (non-hydrogen) atoms. The van der Waals surface area contributed by atoms with E-state index in [-0.39, 0.29) is 17.9 Å². The Hall–Kier alpha value is -1.35. The molecule has 1 amide bonds. The fourth-order valence-electron chi connectivity index (χ4n) is 2.74. The van der Waals surface area contributed by atoms with Gasteiger partial charge in [-0.05, 0) is 50.4 Å². The molecule has 1 aromatic rings. The van der Waals surface area contributed by atoms with E-state index in [4.69, 9.17) is 0 Å². The van der Waals surface area contributed by atoms with Crippen LogP contribution in [-0.2, 0) is 11.2 Å². The molecule has 0 aliphatic heterocycles. The molecule has 2 unspecified atom stereocenters. The molecule has 1 saturated carbocycles. The van der Waals surface area contributed by atoms with E-state index in [1.807, 2.05) is 6.92 Å². The van der Waals surface area contributed by atoms with E-state index in [1.165, 1.54) is 24.0 Å². The molecule has 0 saturated heterocycles. The molecule has 1 N–H and O–H groups in total. The first kappa shape index (κ1) is 16.0. The minimum atomic E-state index is 0.162. The lowest BCUT2D eigenvalue weighted by molar-refractivity contribution is -0.125. The van der Waals surface area contributed by atoms with Crippen LogP contribution in [0.1, 0.15) is 43.9 Å². The maximum Gasteiger partial charge on any atom is 0.223 e. The van der Waals surface area contributed by atoms with E-state index in [1.54, 1.807) is 0 Å². The van der Waals surface area contributed by atoms with E-state index in [9.17, 15) is 4.79 Å². The maximum absolute atomic E-state index is 12.2. The SMILES string of the molecule is CCc1ccc(C(CNC(=O)C(C)C2CC2)N(C)C)cc1. The van der Waals surface area contributed by atoms with Crippen molar-refractivity contribution in [3.63, 3.8) is 0 Å². The number of nitrogens with zero attached hydrogens (tertiary/aromatic N) is 1. The van der Waals surface area contributed by atoms with Crippen LogP contribution in [0.15, 0.2) is 24.3 Å². The van der Waals surface area contributed by atoms with Crippen molar-refractivity contribution in [3.8, 4) is 0 Å². The van der Waals surface area contributed by atoms with Crippen molar-refractivity contribution in [2.75, 3.05) is 20.6 Å². The first-order chi connectivity index (χ1) is 10.0. The van der Waals surface area contributed by atoms with Crippen LogP contribution in [0.4, 0.5) is 0 Å². The molecule has 1 aliphatic rings. The standard InChI is InChI=1S/C18H28N2O/c1-5-14-6-8-16(9-7-14)17(20(3)4)12-19-18(21)13(2)15-10-11-15/h6-9,13,15,17H,5,10-12H2,1-4H3,(H,19,21). The summed E-state index contributed by atoms with van der Waals surface area (Å²) >= 11 is 0. The van der Waals surface area contributed by atoms with Crippen LogP contribution in [0.3, 0.4) is 0 Å². The van der Waals surface area contributed by atoms with Gasteiger partial charge >= 0.3 is 0 Å². The second-order valence-corrected chi connectivity index (χ2v) is 6.45. The van der Waals surface area contributed by atoms with Crippen molar-refractivity contribution in [3.05, 3.63) is 35.4 Å². The topological polar surface area (TPSA) is 32.3 Å². The van der Waals surface area contributed by atoms with Gasteiger partial charge in [-0.1, -0.05) is 38.1 Å². The lowest BCUT2D eigenvalue weighted by Gasteiger charge is -2.26. The predicted octanol–water partition coefficient (Wildman–Crippen LogP) is 3.01. The Labute approximate surface area is 128 Å². The third kappa shape index (κ3) is 4.31. The highest BCUT2D eigenvalue weighted by atomic mass is 16.1. The van der Waals surface area contributed by atoms with Gasteiger partial charge in [0, 0.05) is 12.5 Å². The van der Waals surface area contributed by atoms with Crippen molar-refractivity contribution >= 4 is 5.91 Å². The minimum Gasteiger partial charge on any atom is -0.354 e. The van der Waals surface area contributed by atoms with Crippen LogP contribution in [0, 0.1) is 11.8 Å². The molecule has 0 heterocycles. The highest BCUT2D eigenvalue weighted by Crippen LogP contribution is 2.36. The van der Waals surface area contributed by atoms with E-state index < -0.39 is 0 Å². The number of nitrogens with one attached hydrogen (secondary N) is 1. The number of hydrogen-bond acceptors (Lipinski definition) is 2. The van der Waals surface area contributed by atoms with Gasteiger partial charge in [0.25, 0.3) is 0 Å². The van der Waals surface area contributed by atoms with Gasteiger partial charge in [-0.25, -0.2) is 0 Å². The zero-order valence-corrected chi connectivity index (χ0v) is 13.7. The number of benzene rings is 1. The lowest BCUT2D eigenvalue weighted by Crippen LogP contribution is -2.37. The quantitative estimate of drug-likeness (QED) is 0.836. The molecule has 1 aromatic carbocycles. The Morgan fingerprint density at radius 1 is 1.29 bits per heavy atom. The summed E-state index contributed by atoms with van der Waals surface area (Å²) in [4.78, 5) is 14.3. The Morgan fingerprint density at radius 2 is 1.90 bits per heavy atom. The predicted molar refractivity (Wildman–Crippen MR) is 87.1 cm³/mol. The van der Waals surface area contributed by atoms with Crippen molar-refractivity contribution < 1.29 is 4.79 Å². The van der Waals surface area contributed by atoms with E-state index in [2.05, 4.69) is 55.5 Å². The first-order valence-corrected chi connectivity index (χ1v) is 8.06. The molecule has 0 bridgehead atoms. The highest BCUT2D eigenvalue weighted by molar-refractivity contribution is 5.78. The lowest BCUT2D eigenvalue weighted by atomic mass is 10.0. The van der Waals surface area contributed by atoms with Crippen LogP contribution < -0.4 is 5.32 Å². The molecule has 2 atom stereocenters. The molecule has 0 aromatic heterocycles. The molecular formula is C18H28N2O. The number of aryl methyl sites for hydroxylation is 1. The first-order valence-electron chi connectivity index (χ1n) is 8.06. The van der Waals surface area contributed by atoms with Gasteiger partial charge in [0.05, 0.1) is 6.04 Å². The second-order valence-electron chi connectivity index (χ2n) is 6.45. The molecular weight excluding hydrogens is 260 g/mol. The maximum atomic E-state index is 12.2. The summed E-state index contributed by atoms with van der Waals surface area (Å²) in [5, 5.41) is 3.13. The highest BCUT2D eigenvalue weighted by Gasteiger charge is 2.32. The van der Waals surface area contributed by atoms with Gasteiger partial charge in [0.2, 0.25) is 5.91 Å². The summed E-state index contributed by atoms with van der Waals surface area (Å²) in [7, 11) is 4.13. The fraction of sp³-hybridized carbons (Fsp3) is 0.611. The van der Waals surface area contributed by atoms with Crippen LogP contribution in [0.5, 0.6) is 0 Å². The summed E-state index contributed by atoms with van der Waals surface area (Å²) < 4.78 is 0. The van der Waals surface area contributed by atoms with Gasteiger partial charge < -0.3 is 10.2 Å². The Balaban J connectivity index is 1.96. The van der Waals surface area contributed by atoms with Gasteiger partial charge in [-0.2, -0.15) is 0 Å². The molecule has 0 radical (unpaired) electrons. The smallest absolute Gasteiger partial charge is 0.223 e. The van der Waals surface area contributed by atoms with Crippen molar-refractivity contribution in [2.45, 2.75) is 39.2 Å². The molecule has 3 nitrogen and oxygen atoms in total. The third-order valence-corrected chi connectivity index (χ3v) is 4.61. The van der Waals surface area contributed by atoms with Crippen LogP contribution >= 0.6 is 0 Å². The zero-order chi connectivity index (χ0) is 15.4. The summed E-state index contributed by atoms with van der Waals surface area (Å²) in [5.74, 6) is 0.983. The summed E-state index contributed by atoms with van der Waals surface area (Å²) in [6.07, 6.45) is 3.48. The zero-order valence-electron chi connectivity index (χ0n) is 13.7. The number of hydrogen-bond donors (Lipinski definition) is 1. The minimum absolute atomic E-state index is 0.162. The number of carbonyl (C=O) groups excluding carboxylic acids is 1. The van der Waals surface area contributed by atoms with Gasteiger partial charge in [-0.15, -0.1) is 0 Å². The number of rotatable bonds is 7. The van der Waals surface area contributed by atoms with Crippen molar-refractivity contribution in [1.82, 2.24) is 10.2 Å². The molecule has 1 aliphatic carbocycles. The van der Waals surface area contributed by atoms with Crippen LogP contribution in [0.25, 0.3) is 0 Å². The third-order valence-electron chi connectivity index (χ3n) is 4.61. The number of likely N-dealkylation sites (N-methyl/N-ethyl adjacent to an activating group) is 1. The Bertz CT molecular complexity index is 463. The molecule has 2 rings (SSSR count). The number of carbonyl (C=O) groups is 1. The van der Waals surface area contributed by atoms with Gasteiger partial charge in [-0.3, -0.25) is 4.79 Å².